The number of thiazole rings is 1. The lowest BCUT2D eigenvalue weighted by molar-refractivity contribution is -0.139. The minimum atomic E-state index is -1.02. The van der Waals surface area contributed by atoms with E-state index in [1.165, 1.54) is 16.8 Å². The minimum absolute atomic E-state index is 0.205. The van der Waals surface area contributed by atoms with E-state index in [0.717, 1.165) is 0 Å². The van der Waals surface area contributed by atoms with Crippen molar-refractivity contribution in [2.45, 2.75) is 26.3 Å². The van der Waals surface area contributed by atoms with Crippen molar-refractivity contribution < 1.29 is 14.7 Å². The number of hydrogen-bond acceptors (Lipinski definition) is 4. The Morgan fingerprint density at radius 3 is 2.69 bits per heavy atom. The van der Waals surface area contributed by atoms with Crippen molar-refractivity contribution in [3.05, 3.63) is 16.6 Å². The van der Waals surface area contributed by atoms with Gasteiger partial charge in [-0.25, -0.2) is 9.78 Å². The van der Waals surface area contributed by atoms with Crippen LogP contribution in [0.25, 0.3) is 0 Å². The molecular formula is C10H14N2O3S. The van der Waals surface area contributed by atoms with Gasteiger partial charge in [-0.3, -0.25) is 4.79 Å². The van der Waals surface area contributed by atoms with Gasteiger partial charge in [-0.15, -0.1) is 11.3 Å². The largest absolute Gasteiger partial charge is 0.480 e. The molecule has 6 heteroatoms. The van der Waals surface area contributed by atoms with Crippen LogP contribution in [0.1, 0.15) is 30.8 Å². The van der Waals surface area contributed by atoms with Gasteiger partial charge in [-0.1, -0.05) is 13.8 Å². The van der Waals surface area contributed by atoms with Gasteiger partial charge in [0.25, 0.3) is 5.91 Å². The van der Waals surface area contributed by atoms with Gasteiger partial charge in [0.05, 0.1) is 5.51 Å². The fraction of sp³-hybridized carbons (Fsp3) is 0.500. The van der Waals surface area contributed by atoms with Crippen LogP contribution in [0.5, 0.6) is 0 Å². The quantitative estimate of drug-likeness (QED) is 0.817. The zero-order valence-corrected chi connectivity index (χ0v) is 9.95. The van der Waals surface area contributed by atoms with E-state index in [9.17, 15) is 9.59 Å². The van der Waals surface area contributed by atoms with E-state index in [1.807, 2.05) is 13.8 Å². The van der Waals surface area contributed by atoms with Crippen LogP contribution in [0.4, 0.5) is 0 Å². The SMILES string of the molecule is CC(C)C[C@@H](NC(=O)c1cscn1)C(=O)O. The van der Waals surface area contributed by atoms with Gasteiger partial charge in [0.2, 0.25) is 0 Å². The summed E-state index contributed by atoms with van der Waals surface area (Å²) in [5, 5.41) is 13.0. The highest BCUT2D eigenvalue weighted by molar-refractivity contribution is 7.07. The van der Waals surface area contributed by atoms with Crippen molar-refractivity contribution in [1.82, 2.24) is 10.3 Å². The van der Waals surface area contributed by atoms with Gasteiger partial charge in [0.1, 0.15) is 11.7 Å². The average molecular weight is 242 g/mol. The molecule has 1 aromatic heterocycles. The zero-order chi connectivity index (χ0) is 12.1. The molecule has 0 unspecified atom stereocenters. The number of carboxylic acids is 1. The number of aliphatic carboxylic acids is 1. The van der Waals surface area contributed by atoms with Gasteiger partial charge >= 0.3 is 5.97 Å². The molecule has 0 aliphatic carbocycles. The fourth-order valence-electron chi connectivity index (χ4n) is 1.25. The predicted octanol–water partition coefficient (Wildman–Crippen LogP) is 1.37. The van der Waals surface area contributed by atoms with Crippen LogP contribution in [-0.4, -0.2) is 28.0 Å². The number of nitrogens with one attached hydrogen (secondary N) is 1. The summed E-state index contributed by atoms with van der Waals surface area (Å²) in [7, 11) is 0. The van der Waals surface area contributed by atoms with Gasteiger partial charge in [-0.05, 0) is 12.3 Å². The van der Waals surface area contributed by atoms with E-state index in [0.29, 0.717) is 6.42 Å². The molecule has 0 fully saturated rings. The van der Waals surface area contributed by atoms with Crippen molar-refractivity contribution in [3.63, 3.8) is 0 Å². The number of carbonyl (C=O) groups excluding carboxylic acids is 1. The molecule has 0 aliphatic heterocycles. The Morgan fingerprint density at radius 2 is 2.25 bits per heavy atom. The number of rotatable bonds is 5. The highest BCUT2D eigenvalue weighted by Crippen LogP contribution is 2.07. The molecule has 0 radical (unpaired) electrons. The highest BCUT2D eigenvalue weighted by Gasteiger charge is 2.22. The summed E-state index contributed by atoms with van der Waals surface area (Å²) >= 11 is 1.30. The molecule has 0 aliphatic rings. The molecule has 1 heterocycles. The second-order valence-electron chi connectivity index (χ2n) is 3.87. The normalized spacial score (nSPS) is 12.4. The molecular weight excluding hydrogens is 228 g/mol. The van der Waals surface area contributed by atoms with E-state index in [4.69, 9.17) is 5.11 Å². The Labute approximate surface area is 97.5 Å². The van der Waals surface area contributed by atoms with Gasteiger partial charge in [-0.2, -0.15) is 0 Å². The fourth-order valence-corrected chi connectivity index (χ4v) is 1.78. The Bertz CT molecular complexity index is 362. The molecule has 0 spiro atoms. The molecule has 0 bridgehead atoms. The molecule has 5 nitrogen and oxygen atoms in total. The summed E-state index contributed by atoms with van der Waals surface area (Å²) in [5.41, 5.74) is 1.80. The highest BCUT2D eigenvalue weighted by atomic mass is 32.1. The van der Waals surface area contributed by atoms with Crippen molar-refractivity contribution in [3.8, 4) is 0 Å². The predicted molar refractivity (Wildman–Crippen MR) is 60.5 cm³/mol. The standard InChI is InChI=1S/C10H14N2O3S/c1-6(2)3-7(10(14)15)12-9(13)8-4-16-5-11-8/h4-7H,3H2,1-2H3,(H,12,13)(H,14,15)/t7-/m1/s1. The van der Waals surface area contributed by atoms with Crippen LogP contribution < -0.4 is 5.32 Å². The van der Waals surface area contributed by atoms with Gasteiger partial charge < -0.3 is 10.4 Å². The number of nitrogens with zero attached hydrogens (tertiary/aromatic N) is 1. The Balaban J connectivity index is 2.62. The summed E-state index contributed by atoms with van der Waals surface area (Å²) in [5.74, 6) is -1.25. The molecule has 1 aromatic rings. The van der Waals surface area contributed by atoms with Gasteiger partial charge in [0, 0.05) is 5.38 Å². The molecule has 16 heavy (non-hydrogen) atoms. The van der Waals surface area contributed by atoms with Crippen molar-refractivity contribution in [1.29, 1.82) is 0 Å². The third kappa shape index (κ3) is 3.62. The molecule has 2 N–H and O–H groups in total. The molecule has 1 amide bonds. The van der Waals surface area contributed by atoms with E-state index >= 15 is 0 Å². The summed E-state index contributed by atoms with van der Waals surface area (Å²) in [6.45, 7) is 3.82. The molecule has 1 atom stereocenters. The maximum absolute atomic E-state index is 11.6. The van der Waals surface area contributed by atoms with Crippen molar-refractivity contribution in [2.75, 3.05) is 0 Å². The molecule has 0 saturated carbocycles. The van der Waals surface area contributed by atoms with E-state index in [2.05, 4.69) is 10.3 Å². The lowest BCUT2D eigenvalue weighted by atomic mass is 10.0. The topological polar surface area (TPSA) is 79.3 Å². The van der Waals surface area contributed by atoms with E-state index in [-0.39, 0.29) is 11.6 Å². The van der Waals surface area contributed by atoms with Crippen LogP contribution >= 0.6 is 11.3 Å². The zero-order valence-electron chi connectivity index (χ0n) is 9.14. The summed E-state index contributed by atoms with van der Waals surface area (Å²) < 4.78 is 0. The van der Waals surface area contributed by atoms with Crippen LogP contribution in [0.3, 0.4) is 0 Å². The second-order valence-corrected chi connectivity index (χ2v) is 4.59. The Hall–Kier alpha value is -1.43. The number of hydrogen-bond donors (Lipinski definition) is 2. The first-order valence-corrected chi connectivity index (χ1v) is 5.87. The minimum Gasteiger partial charge on any atom is -0.480 e. The molecule has 0 saturated heterocycles. The smallest absolute Gasteiger partial charge is 0.326 e. The maximum Gasteiger partial charge on any atom is 0.326 e. The first-order valence-electron chi connectivity index (χ1n) is 4.92. The van der Waals surface area contributed by atoms with E-state index < -0.39 is 17.9 Å². The number of amides is 1. The van der Waals surface area contributed by atoms with Crippen molar-refractivity contribution >= 4 is 23.2 Å². The van der Waals surface area contributed by atoms with Crippen molar-refractivity contribution in [2.24, 2.45) is 5.92 Å². The molecule has 1 rings (SSSR count). The number of carbonyl (C=O) groups is 2. The van der Waals surface area contributed by atoms with Crippen LogP contribution in [-0.2, 0) is 4.79 Å². The lowest BCUT2D eigenvalue weighted by Crippen LogP contribution is -2.41. The van der Waals surface area contributed by atoms with Crippen LogP contribution in [0.15, 0.2) is 10.9 Å². The maximum atomic E-state index is 11.6. The number of carboxylic acid groups (broad SMARTS) is 1. The second kappa shape index (κ2) is 5.60. The summed E-state index contributed by atoms with van der Waals surface area (Å²) in [4.78, 5) is 26.3. The van der Waals surface area contributed by atoms with Crippen LogP contribution in [0, 0.1) is 5.92 Å². The first kappa shape index (κ1) is 12.6. The Morgan fingerprint density at radius 1 is 1.56 bits per heavy atom. The summed E-state index contributed by atoms with van der Waals surface area (Å²) in [6.07, 6.45) is 0.408. The number of aromatic nitrogens is 1. The van der Waals surface area contributed by atoms with E-state index in [1.54, 1.807) is 5.38 Å². The Kier molecular flexibility index (Phi) is 4.42. The molecule has 0 aromatic carbocycles. The average Bonchev–Trinajstić information content (AvgIpc) is 2.68. The lowest BCUT2D eigenvalue weighted by Gasteiger charge is -2.15. The third-order valence-corrected chi connectivity index (χ3v) is 2.56. The third-order valence-electron chi connectivity index (χ3n) is 1.98. The molecule has 88 valence electrons. The summed E-state index contributed by atoms with van der Waals surface area (Å²) in [6, 6.07) is -0.853. The van der Waals surface area contributed by atoms with Crippen LogP contribution in [0.2, 0.25) is 0 Å². The first-order chi connectivity index (χ1) is 7.50. The van der Waals surface area contributed by atoms with Gasteiger partial charge in [0.15, 0.2) is 0 Å². The monoisotopic (exact) mass is 242 g/mol.